The number of anilines is 1. The molecule has 9 nitrogen and oxygen atoms in total. The number of aryl methyl sites for hydroxylation is 2. The molecule has 2 aromatic rings. The maximum absolute atomic E-state index is 11.9. The number of carbonyl (C=O) groups is 2. The standard InChI is InChI=1S/C20H17N3O6/c21-10-15-8-16(23(26)27)5-7-18(15)22-19(24)11-29-20(25)12-28-17-6-4-13-2-1-3-14(13)9-17/h4-9H,1-3,11-12H2,(H,22,24). The summed E-state index contributed by atoms with van der Waals surface area (Å²) in [4.78, 5) is 33.8. The van der Waals surface area contributed by atoms with Crippen molar-refractivity contribution in [3.05, 3.63) is 63.2 Å². The highest BCUT2D eigenvalue weighted by molar-refractivity contribution is 5.94. The predicted molar refractivity (Wildman–Crippen MR) is 101 cm³/mol. The number of carbonyl (C=O) groups excluding carboxylic acids is 2. The first-order chi connectivity index (χ1) is 14.0. The second-order valence-corrected chi connectivity index (χ2v) is 6.38. The second kappa shape index (κ2) is 8.84. The van der Waals surface area contributed by atoms with Crippen LogP contribution in [0.3, 0.4) is 0 Å². The van der Waals surface area contributed by atoms with E-state index in [4.69, 9.17) is 14.7 Å². The van der Waals surface area contributed by atoms with Gasteiger partial charge in [-0.25, -0.2) is 4.79 Å². The maximum atomic E-state index is 11.9. The van der Waals surface area contributed by atoms with Gasteiger partial charge in [0.05, 0.1) is 16.2 Å². The fourth-order valence-electron chi connectivity index (χ4n) is 3.00. The second-order valence-electron chi connectivity index (χ2n) is 6.38. The van der Waals surface area contributed by atoms with E-state index in [0.717, 1.165) is 31.4 Å². The summed E-state index contributed by atoms with van der Waals surface area (Å²) < 4.78 is 10.3. The van der Waals surface area contributed by atoms with Gasteiger partial charge in [0.1, 0.15) is 11.8 Å². The number of nitrogens with one attached hydrogen (secondary N) is 1. The first kappa shape index (κ1) is 19.8. The van der Waals surface area contributed by atoms with Gasteiger partial charge in [-0.1, -0.05) is 6.07 Å². The summed E-state index contributed by atoms with van der Waals surface area (Å²) >= 11 is 0. The van der Waals surface area contributed by atoms with Crippen molar-refractivity contribution in [3.63, 3.8) is 0 Å². The van der Waals surface area contributed by atoms with Crippen LogP contribution in [-0.4, -0.2) is 30.0 Å². The molecule has 0 aromatic heterocycles. The third-order valence-electron chi connectivity index (χ3n) is 4.40. The van der Waals surface area contributed by atoms with Crippen molar-refractivity contribution in [2.24, 2.45) is 0 Å². The lowest BCUT2D eigenvalue weighted by Gasteiger charge is -2.09. The maximum Gasteiger partial charge on any atom is 0.344 e. The van der Waals surface area contributed by atoms with Crippen LogP contribution in [0.1, 0.15) is 23.1 Å². The normalized spacial score (nSPS) is 11.8. The molecule has 0 aliphatic heterocycles. The summed E-state index contributed by atoms with van der Waals surface area (Å²) in [6.45, 7) is -0.915. The molecule has 0 radical (unpaired) electrons. The van der Waals surface area contributed by atoms with Gasteiger partial charge >= 0.3 is 5.97 Å². The van der Waals surface area contributed by atoms with Crippen molar-refractivity contribution < 1.29 is 24.0 Å². The van der Waals surface area contributed by atoms with Gasteiger partial charge in [-0.2, -0.15) is 5.26 Å². The number of amides is 1. The number of benzene rings is 2. The largest absolute Gasteiger partial charge is 0.482 e. The zero-order valence-corrected chi connectivity index (χ0v) is 15.3. The Labute approximate surface area is 166 Å². The highest BCUT2D eigenvalue weighted by atomic mass is 16.6. The molecule has 0 saturated carbocycles. The van der Waals surface area contributed by atoms with E-state index < -0.39 is 23.4 Å². The summed E-state index contributed by atoms with van der Waals surface area (Å²) in [6, 6.07) is 10.9. The molecule has 9 heteroatoms. The summed E-state index contributed by atoms with van der Waals surface area (Å²) in [5, 5.41) is 22.2. The van der Waals surface area contributed by atoms with Gasteiger partial charge in [0, 0.05) is 12.1 Å². The molecule has 29 heavy (non-hydrogen) atoms. The molecular weight excluding hydrogens is 378 g/mol. The smallest absolute Gasteiger partial charge is 0.344 e. The molecule has 0 heterocycles. The number of nitriles is 1. The zero-order chi connectivity index (χ0) is 20.8. The molecule has 1 N–H and O–H groups in total. The molecule has 3 rings (SSSR count). The summed E-state index contributed by atoms with van der Waals surface area (Å²) in [5.41, 5.74) is 2.26. The number of esters is 1. The number of hydrogen-bond acceptors (Lipinski definition) is 7. The first-order valence-electron chi connectivity index (χ1n) is 8.85. The zero-order valence-electron chi connectivity index (χ0n) is 15.3. The molecule has 0 atom stereocenters. The molecule has 0 saturated heterocycles. The molecule has 1 aliphatic rings. The Kier molecular flexibility index (Phi) is 6.04. The Hall–Kier alpha value is -3.93. The minimum absolute atomic E-state index is 0.0705. The Morgan fingerprint density at radius 2 is 1.93 bits per heavy atom. The van der Waals surface area contributed by atoms with Crippen LogP contribution in [0.15, 0.2) is 36.4 Å². The molecule has 0 bridgehead atoms. The van der Waals surface area contributed by atoms with Crippen LogP contribution in [-0.2, 0) is 27.2 Å². The fraction of sp³-hybridized carbons (Fsp3) is 0.250. The van der Waals surface area contributed by atoms with Crippen molar-refractivity contribution >= 4 is 23.3 Å². The van der Waals surface area contributed by atoms with Gasteiger partial charge in [-0.05, 0) is 48.6 Å². The van der Waals surface area contributed by atoms with Crippen LogP contribution in [0.5, 0.6) is 5.75 Å². The van der Waals surface area contributed by atoms with Gasteiger partial charge in [-0.15, -0.1) is 0 Å². The lowest BCUT2D eigenvalue weighted by atomic mass is 10.1. The van der Waals surface area contributed by atoms with Crippen LogP contribution < -0.4 is 10.1 Å². The molecule has 2 aromatic carbocycles. The van der Waals surface area contributed by atoms with Crippen molar-refractivity contribution in [1.82, 2.24) is 0 Å². The van der Waals surface area contributed by atoms with E-state index in [1.807, 2.05) is 12.1 Å². The Balaban J connectivity index is 1.47. The highest BCUT2D eigenvalue weighted by Crippen LogP contribution is 2.26. The SMILES string of the molecule is N#Cc1cc([N+](=O)[O-])ccc1NC(=O)COC(=O)COc1ccc2c(c1)CCC2. The van der Waals surface area contributed by atoms with Crippen LogP contribution in [0.25, 0.3) is 0 Å². The monoisotopic (exact) mass is 395 g/mol. The number of rotatable bonds is 7. The van der Waals surface area contributed by atoms with E-state index in [0.29, 0.717) is 5.75 Å². The minimum atomic E-state index is -0.718. The fourth-order valence-corrected chi connectivity index (χ4v) is 3.00. The predicted octanol–water partition coefficient (Wildman–Crippen LogP) is 2.52. The van der Waals surface area contributed by atoms with E-state index in [1.165, 1.54) is 17.2 Å². The first-order valence-corrected chi connectivity index (χ1v) is 8.85. The topological polar surface area (TPSA) is 132 Å². The van der Waals surface area contributed by atoms with Gasteiger partial charge in [0.25, 0.3) is 11.6 Å². The molecule has 148 valence electrons. The van der Waals surface area contributed by atoms with E-state index in [1.54, 1.807) is 12.1 Å². The molecule has 0 spiro atoms. The average molecular weight is 395 g/mol. The molecular formula is C20H17N3O6. The number of non-ortho nitro benzene ring substituents is 1. The van der Waals surface area contributed by atoms with Crippen LogP contribution in [0.4, 0.5) is 11.4 Å². The Bertz CT molecular complexity index is 1010. The highest BCUT2D eigenvalue weighted by Gasteiger charge is 2.15. The number of nitro groups is 1. The van der Waals surface area contributed by atoms with Gasteiger partial charge in [-0.3, -0.25) is 14.9 Å². The number of fused-ring (bicyclic) bond motifs is 1. The quantitative estimate of drug-likeness (QED) is 0.433. The summed E-state index contributed by atoms with van der Waals surface area (Å²) in [5.74, 6) is -0.831. The molecule has 1 amide bonds. The lowest BCUT2D eigenvalue weighted by Crippen LogP contribution is -2.24. The molecule has 0 fully saturated rings. The molecule has 0 unspecified atom stereocenters. The Morgan fingerprint density at radius 1 is 1.14 bits per heavy atom. The van der Waals surface area contributed by atoms with Crippen LogP contribution >= 0.6 is 0 Å². The van der Waals surface area contributed by atoms with Crippen LogP contribution in [0, 0.1) is 21.4 Å². The number of nitrogens with zero attached hydrogens (tertiary/aromatic N) is 2. The van der Waals surface area contributed by atoms with Gasteiger partial charge < -0.3 is 14.8 Å². The third-order valence-corrected chi connectivity index (χ3v) is 4.40. The van der Waals surface area contributed by atoms with Gasteiger partial charge in [0.2, 0.25) is 0 Å². The van der Waals surface area contributed by atoms with Crippen molar-refractivity contribution in [3.8, 4) is 11.8 Å². The summed E-state index contributed by atoms with van der Waals surface area (Å²) in [6.07, 6.45) is 3.15. The number of hydrogen-bond donors (Lipinski definition) is 1. The van der Waals surface area contributed by atoms with Crippen molar-refractivity contribution in [1.29, 1.82) is 5.26 Å². The Morgan fingerprint density at radius 3 is 2.69 bits per heavy atom. The van der Waals surface area contributed by atoms with E-state index >= 15 is 0 Å². The minimum Gasteiger partial charge on any atom is -0.482 e. The lowest BCUT2D eigenvalue weighted by molar-refractivity contribution is -0.384. The third kappa shape index (κ3) is 5.07. The average Bonchev–Trinajstić information content (AvgIpc) is 3.18. The molecule has 1 aliphatic carbocycles. The summed E-state index contributed by atoms with van der Waals surface area (Å²) in [7, 11) is 0. The van der Waals surface area contributed by atoms with Gasteiger partial charge in [0.15, 0.2) is 13.2 Å². The van der Waals surface area contributed by atoms with E-state index in [2.05, 4.69) is 5.32 Å². The van der Waals surface area contributed by atoms with Crippen molar-refractivity contribution in [2.45, 2.75) is 19.3 Å². The van der Waals surface area contributed by atoms with E-state index in [-0.39, 0.29) is 23.5 Å². The van der Waals surface area contributed by atoms with Crippen LogP contribution in [0.2, 0.25) is 0 Å². The number of nitro benzene ring substituents is 1. The van der Waals surface area contributed by atoms with E-state index in [9.17, 15) is 19.7 Å². The number of ether oxygens (including phenoxy) is 2. The van der Waals surface area contributed by atoms with Crippen molar-refractivity contribution in [2.75, 3.05) is 18.5 Å².